The van der Waals surface area contributed by atoms with Gasteiger partial charge in [-0.15, -0.1) is 0 Å². The fourth-order valence-electron chi connectivity index (χ4n) is 6.49. The molecule has 3 aromatic rings. The number of hydrogen-bond acceptors (Lipinski definition) is 6. The van der Waals surface area contributed by atoms with Crippen LogP contribution in [0.4, 0.5) is 0 Å². The third-order valence-electron chi connectivity index (χ3n) is 9.37. The van der Waals surface area contributed by atoms with Crippen LogP contribution in [-0.4, -0.2) is 81.1 Å². The lowest BCUT2D eigenvalue weighted by atomic mass is 9.93. The van der Waals surface area contributed by atoms with Crippen molar-refractivity contribution in [1.82, 2.24) is 35.4 Å². The molecule has 47 heavy (non-hydrogen) atoms. The van der Waals surface area contributed by atoms with Crippen molar-refractivity contribution in [3.63, 3.8) is 0 Å². The van der Waals surface area contributed by atoms with Crippen molar-refractivity contribution in [3.8, 4) is 0 Å². The zero-order chi connectivity index (χ0) is 33.7. The molecule has 13 nitrogen and oxygen atoms in total. The summed E-state index contributed by atoms with van der Waals surface area (Å²) < 4.78 is 1.55. The van der Waals surface area contributed by atoms with Crippen molar-refractivity contribution < 1.29 is 24.0 Å². The topological polar surface area (TPSA) is 178 Å². The summed E-state index contributed by atoms with van der Waals surface area (Å²) in [4.78, 5) is 86.1. The van der Waals surface area contributed by atoms with Crippen LogP contribution in [0.25, 0.3) is 11.0 Å². The van der Waals surface area contributed by atoms with Gasteiger partial charge in [-0.05, 0) is 68.7 Å². The number of fused-ring (bicyclic) bond motifs is 2. The molecule has 0 unspecified atom stereocenters. The van der Waals surface area contributed by atoms with Crippen LogP contribution >= 0.6 is 0 Å². The van der Waals surface area contributed by atoms with E-state index in [0.717, 1.165) is 12.1 Å². The molecule has 252 valence electrons. The highest BCUT2D eigenvalue weighted by molar-refractivity contribution is 6.04. The van der Waals surface area contributed by atoms with Gasteiger partial charge >= 0.3 is 5.69 Å². The summed E-state index contributed by atoms with van der Waals surface area (Å²) in [6.45, 7) is 7.16. The Morgan fingerprint density at radius 1 is 0.915 bits per heavy atom. The molecule has 0 saturated heterocycles. The smallest absolute Gasteiger partial charge is 0.326 e. The average molecular weight is 648 g/mol. The van der Waals surface area contributed by atoms with Crippen LogP contribution in [0, 0.1) is 12.8 Å². The summed E-state index contributed by atoms with van der Waals surface area (Å²) in [5, 5.41) is 8.71. The fourth-order valence-corrected chi connectivity index (χ4v) is 6.49. The lowest BCUT2D eigenvalue weighted by Gasteiger charge is -2.25. The van der Waals surface area contributed by atoms with Gasteiger partial charge in [0.2, 0.25) is 11.8 Å². The number of nitrogens with one attached hydrogen (secondary N) is 5. The first-order valence-electron chi connectivity index (χ1n) is 16.7. The number of imidazole rings is 1. The van der Waals surface area contributed by atoms with E-state index in [9.17, 15) is 28.8 Å². The number of H-pyrrole nitrogens is 2. The van der Waals surface area contributed by atoms with Gasteiger partial charge in [0.25, 0.3) is 11.8 Å². The van der Waals surface area contributed by atoms with Crippen LogP contribution in [0.1, 0.15) is 101 Å². The van der Waals surface area contributed by atoms with E-state index < -0.39 is 6.04 Å². The van der Waals surface area contributed by atoms with Crippen LogP contribution in [-0.2, 0) is 22.6 Å². The Hall–Kier alpha value is -4.68. The molecule has 2 aromatic heterocycles. The first kappa shape index (κ1) is 33.7. The average Bonchev–Trinajstić information content (AvgIpc) is 3.57. The molecule has 1 aliphatic carbocycles. The first-order valence-corrected chi connectivity index (χ1v) is 16.7. The molecule has 2 bridgehead atoms. The highest BCUT2D eigenvalue weighted by atomic mass is 16.2. The van der Waals surface area contributed by atoms with Gasteiger partial charge in [-0.3, -0.25) is 28.5 Å². The number of rotatable bonds is 3. The molecular weight excluding hydrogens is 602 g/mol. The predicted octanol–water partition coefficient (Wildman–Crippen LogP) is 2.58. The number of carbonyl (C=O) groups excluding carboxylic acids is 5. The molecule has 5 N–H and O–H groups in total. The number of hydrogen-bond donors (Lipinski definition) is 5. The van der Waals surface area contributed by atoms with Crippen molar-refractivity contribution in [3.05, 3.63) is 56.8 Å². The zero-order valence-corrected chi connectivity index (χ0v) is 27.4. The minimum absolute atomic E-state index is 0.0371. The number of aryl methyl sites for hydroxylation is 2. The number of nitrogens with zero attached hydrogens (tertiary/aromatic N) is 2. The van der Waals surface area contributed by atoms with Crippen molar-refractivity contribution in [1.29, 1.82) is 0 Å². The minimum Gasteiger partial charge on any atom is -0.354 e. The van der Waals surface area contributed by atoms with Gasteiger partial charge in [0.1, 0.15) is 11.7 Å². The van der Waals surface area contributed by atoms with Crippen LogP contribution in [0.15, 0.2) is 23.0 Å². The summed E-state index contributed by atoms with van der Waals surface area (Å²) >= 11 is 0. The number of aromatic amines is 2. The molecule has 0 fully saturated rings. The Morgan fingerprint density at radius 2 is 1.66 bits per heavy atom. The number of carbonyl (C=O) groups is 5. The quantitative estimate of drug-likeness (QED) is 0.292. The van der Waals surface area contributed by atoms with E-state index >= 15 is 0 Å². The second-order valence-electron chi connectivity index (χ2n) is 12.6. The molecular formula is C34H45N7O6. The fraction of sp³-hybridized carbons (Fsp3) is 0.529. The Kier molecular flexibility index (Phi) is 10.6. The largest absolute Gasteiger partial charge is 0.354 e. The number of ketones is 1. The normalized spacial score (nSPS) is 19.8. The lowest BCUT2D eigenvalue weighted by Crippen LogP contribution is -2.50. The van der Waals surface area contributed by atoms with Gasteiger partial charge in [-0.2, -0.15) is 0 Å². The molecule has 4 amide bonds. The van der Waals surface area contributed by atoms with Crippen molar-refractivity contribution in [2.45, 2.75) is 84.7 Å². The molecule has 2 aliphatic rings. The second kappa shape index (κ2) is 14.8. The highest BCUT2D eigenvalue weighted by Crippen LogP contribution is 2.27. The molecule has 5 rings (SSSR count). The van der Waals surface area contributed by atoms with Crippen molar-refractivity contribution >= 4 is 40.4 Å². The molecule has 3 heterocycles. The van der Waals surface area contributed by atoms with E-state index in [2.05, 4.69) is 25.9 Å². The summed E-state index contributed by atoms with van der Waals surface area (Å²) in [5.41, 5.74) is 3.70. The van der Waals surface area contributed by atoms with Gasteiger partial charge < -0.3 is 30.8 Å². The maximum absolute atomic E-state index is 13.9. The SMILES string of the molecule is CC[C@H](C)[C@@H]1NC(=O)CCCN(C(=O)c2[nH]c3c(c2C)C(=O)CCC3)CCCNC(=O)c2ccc3[nH]c(=O)n(c3c2)CCCNC1=O. The summed E-state index contributed by atoms with van der Waals surface area (Å²) in [6.07, 6.45) is 3.99. The van der Waals surface area contributed by atoms with Gasteiger partial charge in [0.05, 0.1) is 11.0 Å². The first-order chi connectivity index (χ1) is 22.6. The van der Waals surface area contributed by atoms with E-state index in [0.29, 0.717) is 98.1 Å². The highest BCUT2D eigenvalue weighted by Gasteiger charge is 2.29. The van der Waals surface area contributed by atoms with E-state index in [1.807, 2.05) is 13.8 Å². The van der Waals surface area contributed by atoms with Gasteiger partial charge in [-0.1, -0.05) is 20.3 Å². The predicted molar refractivity (Wildman–Crippen MR) is 176 cm³/mol. The molecule has 13 heteroatoms. The number of amides is 4. The van der Waals surface area contributed by atoms with Crippen LogP contribution in [0.3, 0.4) is 0 Å². The van der Waals surface area contributed by atoms with E-state index in [1.165, 1.54) is 0 Å². The van der Waals surface area contributed by atoms with Crippen LogP contribution in [0.2, 0.25) is 0 Å². The summed E-state index contributed by atoms with van der Waals surface area (Å²) in [6, 6.07) is 4.30. The number of aromatic nitrogens is 3. The summed E-state index contributed by atoms with van der Waals surface area (Å²) in [5.74, 6) is -1.21. The van der Waals surface area contributed by atoms with Gasteiger partial charge in [0, 0.05) is 62.4 Å². The summed E-state index contributed by atoms with van der Waals surface area (Å²) in [7, 11) is 0. The van der Waals surface area contributed by atoms with Crippen LogP contribution in [0.5, 0.6) is 0 Å². The van der Waals surface area contributed by atoms with E-state index in [1.54, 1.807) is 34.6 Å². The van der Waals surface area contributed by atoms with E-state index in [-0.39, 0.29) is 54.0 Å². The molecule has 1 aliphatic heterocycles. The standard InChI is InChI=1S/C34H45N7O6/c1-4-20(2)29-32(45)36-15-8-18-41-25-19-22(12-13-23(25)38-34(41)47)31(44)35-14-7-17-40(16-6-11-27(43)39-29)33(46)30-21(3)28-24(37-30)9-5-10-26(28)42/h12-13,19-20,29,37H,4-11,14-18H2,1-3H3,(H,35,44)(H,36,45)(H,38,47)(H,39,43)/t20-,29-/m0/s1. The Labute approximate surface area is 273 Å². The maximum Gasteiger partial charge on any atom is 0.326 e. The Morgan fingerprint density at radius 3 is 2.43 bits per heavy atom. The number of benzene rings is 1. The number of Topliss-reactive ketones (excluding diaryl/α,β-unsaturated/α-hetero) is 1. The third kappa shape index (κ3) is 7.50. The zero-order valence-electron chi connectivity index (χ0n) is 27.4. The van der Waals surface area contributed by atoms with E-state index in [4.69, 9.17) is 0 Å². The van der Waals surface area contributed by atoms with Crippen LogP contribution < -0.4 is 21.6 Å². The Balaban J connectivity index is 1.38. The molecule has 1 aromatic carbocycles. The second-order valence-corrected chi connectivity index (χ2v) is 12.6. The van der Waals surface area contributed by atoms with Gasteiger partial charge in [-0.25, -0.2) is 4.79 Å². The van der Waals surface area contributed by atoms with Gasteiger partial charge in [0.15, 0.2) is 5.78 Å². The molecule has 0 saturated carbocycles. The molecule has 0 radical (unpaired) electrons. The third-order valence-corrected chi connectivity index (χ3v) is 9.37. The monoisotopic (exact) mass is 647 g/mol. The maximum atomic E-state index is 13.9. The minimum atomic E-state index is -0.722. The lowest BCUT2D eigenvalue weighted by molar-refractivity contribution is -0.130. The van der Waals surface area contributed by atoms with Crippen molar-refractivity contribution in [2.24, 2.45) is 5.92 Å². The Bertz CT molecular complexity index is 1730. The molecule has 2 atom stereocenters. The molecule has 0 spiro atoms. The van der Waals surface area contributed by atoms with Crippen molar-refractivity contribution in [2.75, 3.05) is 26.2 Å².